The SMILES string of the molecule is CC1(C)CCN(Cc2ccc(CNC3CC3)s2)CC1. The van der Waals surface area contributed by atoms with Gasteiger partial charge in [0, 0.05) is 28.9 Å². The molecule has 106 valence electrons. The molecule has 2 aliphatic rings. The number of nitrogens with one attached hydrogen (secondary N) is 1. The maximum Gasteiger partial charge on any atom is 0.0328 e. The Morgan fingerprint density at radius 3 is 2.58 bits per heavy atom. The third kappa shape index (κ3) is 4.04. The molecule has 0 bridgehead atoms. The van der Waals surface area contributed by atoms with E-state index in [4.69, 9.17) is 0 Å². The zero-order chi connectivity index (χ0) is 13.3. The summed E-state index contributed by atoms with van der Waals surface area (Å²) in [7, 11) is 0. The molecule has 1 aromatic rings. The molecule has 3 heteroatoms. The lowest BCUT2D eigenvalue weighted by Gasteiger charge is -2.36. The van der Waals surface area contributed by atoms with Gasteiger partial charge < -0.3 is 5.32 Å². The van der Waals surface area contributed by atoms with E-state index in [1.807, 2.05) is 11.3 Å². The van der Waals surface area contributed by atoms with Crippen LogP contribution in [0.3, 0.4) is 0 Å². The highest BCUT2D eigenvalue weighted by Gasteiger charge is 2.25. The predicted molar refractivity (Wildman–Crippen MR) is 82.5 cm³/mol. The van der Waals surface area contributed by atoms with Crippen LogP contribution in [-0.4, -0.2) is 24.0 Å². The lowest BCUT2D eigenvalue weighted by Crippen LogP contribution is -2.36. The Kier molecular flexibility index (Phi) is 3.97. The van der Waals surface area contributed by atoms with Gasteiger partial charge in [-0.05, 0) is 56.3 Å². The van der Waals surface area contributed by atoms with Gasteiger partial charge in [0.25, 0.3) is 0 Å². The first kappa shape index (κ1) is 13.6. The van der Waals surface area contributed by atoms with Gasteiger partial charge in [0.1, 0.15) is 0 Å². The Bertz CT molecular complexity index is 410. The Labute approximate surface area is 121 Å². The number of hydrogen-bond donors (Lipinski definition) is 1. The number of likely N-dealkylation sites (tertiary alicyclic amines) is 1. The first-order valence-electron chi connectivity index (χ1n) is 7.64. The summed E-state index contributed by atoms with van der Waals surface area (Å²) in [5.41, 5.74) is 0.561. The summed E-state index contributed by atoms with van der Waals surface area (Å²) in [5, 5.41) is 3.60. The molecule has 19 heavy (non-hydrogen) atoms. The van der Waals surface area contributed by atoms with Crippen molar-refractivity contribution in [1.29, 1.82) is 0 Å². The summed E-state index contributed by atoms with van der Waals surface area (Å²) in [6.07, 6.45) is 5.44. The van der Waals surface area contributed by atoms with Gasteiger partial charge in [-0.3, -0.25) is 4.90 Å². The van der Waals surface area contributed by atoms with E-state index in [0.717, 1.165) is 19.1 Å². The molecule has 0 atom stereocenters. The van der Waals surface area contributed by atoms with Crippen molar-refractivity contribution in [3.63, 3.8) is 0 Å². The highest BCUT2D eigenvalue weighted by molar-refractivity contribution is 7.11. The zero-order valence-corrected chi connectivity index (χ0v) is 13.1. The van der Waals surface area contributed by atoms with Crippen molar-refractivity contribution < 1.29 is 0 Å². The standard InChI is InChI=1S/C16H26N2S/c1-16(2)7-9-18(10-8-16)12-15-6-5-14(19-15)11-17-13-3-4-13/h5-6,13,17H,3-4,7-12H2,1-2H3. The maximum absolute atomic E-state index is 3.60. The number of rotatable bonds is 5. The summed E-state index contributed by atoms with van der Waals surface area (Å²) in [5.74, 6) is 0. The highest BCUT2D eigenvalue weighted by Crippen LogP contribution is 2.31. The van der Waals surface area contributed by atoms with Gasteiger partial charge in [0.15, 0.2) is 0 Å². The smallest absolute Gasteiger partial charge is 0.0328 e. The third-order valence-electron chi connectivity index (χ3n) is 4.45. The molecule has 1 N–H and O–H groups in total. The third-order valence-corrected chi connectivity index (χ3v) is 5.52. The van der Waals surface area contributed by atoms with Crippen LogP contribution in [-0.2, 0) is 13.1 Å². The van der Waals surface area contributed by atoms with Crippen LogP contribution in [0.2, 0.25) is 0 Å². The normalized spacial score (nSPS) is 23.7. The molecular formula is C16H26N2S. The maximum atomic E-state index is 3.60. The first-order valence-corrected chi connectivity index (χ1v) is 8.46. The molecule has 0 amide bonds. The molecule has 0 aromatic carbocycles. The minimum atomic E-state index is 0.561. The molecule has 0 unspecified atom stereocenters. The lowest BCUT2D eigenvalue weighted by molar-refractivity contribution is 0.128. The zero-order valence-electron chi connectivity index (χ0n) is 12.2. The summed E-state index contributed by atoms with van der Waals surface area (Å²) < 4.78 is 0. The number of thiophene rings is 1. The van der Waals surface area contributed by atoms with Crippen LogP contribution in [0.4, 0.5) is 0 Å². The van der Waals surface area contributed by atoms with E-state index in [0.29, 0.717) is 5.41 Å². The molecule has 2 fully saturated rings. The van der Waals surface area contributed by atoms with Crippen LogP contribution in [0.15, 0.2) is 12.1 Å². The van der Waals surface area contributed by atoms with Crippen molar-refractivity contribution >= 4 is 11.3 Å². The number of piperidine rings is 1. The fraction of sp³-hybridized carbons (Fsp3) is 0.750. The van der Waals surface area contributed by atoms with E-state index < -0.39 is 0 Å². The van der Waals surface area contributed by atoms with Crippen LogP contribution in [0, 0.1) is 5.41 Å². The fourth-order valence-corrected chi connectivity index (χ4v) is 3.68. The molecular weight excluding hydrogens is 252 g/mol. The van der Waals surface area contributed by atoms with Gasteiger partial charge in [-0.25, -0.2) is 0 Å². The van der Waals surface area contributed by atoms with Gasteiger partial charge in [-0.1, -0.05) is 13.8 Å². The second-order valence-electron chi connectivity index (χ2n) is 6.96. The summed E-state index contributed by atoms with van der Waals surface area (Å²) in [6.45, 7) is 9.56. The van der Waals surface area contributed by atoms with Crippen LogP contribution < -0.4 is 5.32 Å². The minimum absolute atomic E-state index is 0.561. The number of hydrogen-bond acceptors (Lipinski definition) is 3. The molecule has 3 rings (SSSR count). The van der Waals surface area contributed by atoms with Crippen molar-refractivity contribution in [2.45, 2.75) is 58.7 Å². The van der Waals surface area contributed by atoms with E-state index >= 15 is 0 Å². The van der Waals surface area contributed by atoms with Gasteiger partial charge in [-0.2, -0.15) is 0 Å². The molecule has 1 saturated heterocycles. The molecule has 1 aliphatic heterocycles. The monoisotopic (exact) mass is 278 g/mol. The molecule has 0 spiro atoms. The molecule has 1 saturated carbocycles. The molecule has 1 aliphatic carbocycles. The van der Waals surface area contributed by atoms with E-state index in [1.165, 1.54) is 48.5 Å². The number of nitrogens with zero attached hydrogens (tertiary/aromatic N) is 1. The van der Waals surface area contributed by atoms with Crippen molar-refractivity contribution in [3.8, 4) is 0 Å². The largest absolute Gasteiger partial charge is 0.309 e. The van der Waals surface area contributed by atoms with E-state index in [-0.39, 0.29) is 0 Å². The average Bonchev–Trinajstić information content (AvgIpc) is 3.10. The molecule has 0 radical (unpaired) electrons. The topological polar surface area (TPSA) is 15.3 Å². The molecule has 2 heterocycles. The second kappa shape index (κ2) is 5.55. The fourth-order valence-electron chi connectivity index (χ4n) is 2.67. The van der Waals surface area contributed by atoms with Gasteiger partial charge in [-0.15, -0.1) is 11.3 Å². The van der Waals surface area contributed by atoms with Crippen LogP contribution in [0.5, 0.6) is 0 Å². The van der Waals surface area contributed by atoms with Crippen LogP contribution in [0.1, 0.15) is 49.3 Å². The van der Waals surface area contributed by atoms with Crippen LogP contribution >= 0.6 is 11.3 Å². The quantitative estimate of drug-likeness (QED) is 0.885. The Hall–Kier alpha value is -0.380. The molecule has 2 nitrogen and oxygen atoms in total. The van der Waals surface area contributed by atoms with Crippen molar-refractivity contribution in [2.75, 3.05) is 13.1 Å². The predicted octanol–water partition coefficient (Wildman–Crippen LogP) is 3.62. The summed E-state index contributed by atoms with van der Waals surface area (Å²) >= 11 is 1.99. The Morgan fingerprint density at radius 2 is 1.89 bits per heavy atom. The van der Waals surface area contributed by atoms with Crippen molar-refractivity contribution in [3.05, 3.63) is 21.9 Å². The highest BCUT2D eigenvalue weighted by atomic mass is 32.1. The van der Waals surface area contributed by atoms with E-state index in [2.05, 4.69) is 36.2 Å². The van der Waals surface area contributed by atoms with E-state index in [9.17, 15) is 0 Å². The van der Waals surface area contributed by atoms with Crippen molar-refractivity contribution in [2.24, 2.45) is 5.41 Å². The lowest BCUT2D eigenvalue weighted by atomic mass is 9.83. The van der Waals surface area contributed by atoms with Crippen molar-refractivity contribution in [1.82, 2.24) is 10.2 Å². The minimum Gasteiger partial charge on any atom is -0.309 e. The summed E-state index contributed by atoms with van der Waals surface area (Å²) in [6, 6.07) is 5.45. The second-order valence-corrected chi connectivity index (χ2v) is 8.22. The Balaban J connectivity index is 1.47. The summed E-state index contributed by atoms with van der Waals surface area (Å²) in [4.78, 5) is 5.65. The van der Waals surface area contributed by atoms with Gasteiger partial charge in [0.05, 0.1) is 0 Å². The van der Waals surface area contributed by atoms with Gasteiger partial charge >= 0.3 is 0 Å². The first-order chi connectivity index (χ1) is 9.11. The average molecular weight is 278 g/mol. The molecule has 1 aromatic heterocycles. The Morgan fingerprint density at radius 1 is 1.21 bits per heavy atom. The van der Waals surface area contributed by atoms with Gasteiger partial charge in [0.2, 0.25) is 0 Å². The van der Waals surface area contributed by atoms with Crippen LogP contribution in [0.25, 0.3) is 0 Å². The van der Waals surface area contributed by atoms with E-state index in [1.54, 1.807) is 0 Å².